The maximum absolute atomic E-state index is 12.3. The second-order valence-electron chi connectivity index (χ2n) is 5.68. The van der Waals surface area contributed by atoms with E-state index in [0.717, 1.165) is 0 Å². The number of amidine groups is 1. The SMILES string of the molecule is COc1ccccc1N=C1NC(=O)/C(=C\c2ccccc2OCCC(=O)O)S1. The van der Waals surface area contributed by atoms with Crippen LogP contribution >= 0.6 is 11.8 Å². The quantitative estimate of drug-likeness (QED) is 0.694. The molecule has 1 amide bonds. The van der Waals surface area contributed by atoms with E-state index in [0.29, 0.717) is 32.8 Å². The summed E-state index contributed by atoms with van der Waals surface area (Å²) in [5.41, 5.74) is 1.30. The summed E-state index contributed by atoms with van der Waals surface area (Å²) in [5, 5.41) is 11.9. The third kappa shape index (κ3) is 4.92. The lowest BCUT2D eigenvalue weighted by molar-refractivity contribution is -0.137. The van der Waals surface area contributed by atoms with Crippen LogP contribution in [0.1, 0.15) is 12.0 Å². The number of hydrogen-bond acceptors (Lipinski definition) is 6. The highest BCUT2D eigenvalue weighted by molar-refractivity contribution is 8.18. The number of carbonyl (C=O) groups excluding carboxylic acids is 1. The Morgan fingerprint density at radius 1 is 1.18 bits per heavy atom. The van der Waals surface area contributed by atoms with Crippen molar-refractivity contribution in [3.05, 3.63) is 59.0 Å². The number of carboxylic acids is 1. The number of nitrogens with one attached hydrogen (secondary N) is 1. The molecule has 0 aromatic heterocycles. The molecule has 0 saturated carbocycles. The highest BCUT2D eigenvalue weighted by Gasteiger charge is 2.24. The third-order valence-corrected chi connectivity index (χ3v) is 4.65. The first-order valence-electron chi connectivity index (χ1n) is 8.43. The first-order valence-corrected chi connectivity index (χ1v) is 9.24. The number of rotatable bonds is 7. The molecule has 1 saturated heterocycles. The van der Waals surface area contributed by atoms with Gasteiger partial charge in [-0.05, 0) is 36.0 Å². The summed E-state index contributed by atoms with van der Waals surface area (Å²) in [6, 6.07) is 14.4. The van der Waals surface area contributed by atoms with E-state index in [1.54, 1.807) is 43.5 Å². The second kappa shape index (κ2) is 9.09. The minimum Gasteiger partial charge on any atom is -0.494 e. The number of methoxy groups -OCH3 is 1. The topological polar surface area (TPSA) is 97.2 Å². The average Bonchev–Trinajstić information content (AvgIpc) is 3.02. The minimum atomic E-state index is -0.932. The summed E-state index contributed by atoms with van der Waals surface area (Å²) in [6.45, 7) is 0.0510. The lowest BCUT2D eigenvalue weighted by Crippen LogP contribution is -2.19. The van der Waals surface area contributed by atoms with Crippen molar-refractivity contribution in [2.75, 3.05) is 13.7 Å². The van der Waals surface area contributed by atoms with Gasteiger partial charge in [0.05, 0.1) is 25.0 Å². The molecule has 2 N–H and O–H groups in total. The van der Waals surface area contributed by atoms with Gasteiger partial charge in [-0.25, -0.2) is 4.99 Å². The van der Waals surface area contributed by atoms with Gasteiger partial charge in [0.25, 0.3) is 5.91 Å². The molecule has 3 rings (SSSR count). The van der Waals surface area contributed by atoms with Crippen molar-refractivity contribution in [3.63, 3.8) is 0 Å². The number of aliphatic carboxylic acids is 1. The number of benzene rings is 2. The van der Waals surface area contributed by atoms with Gasteiger partial charge in [0, 0.05) is 5.56 Å². The average molecular weight is 398 g/mol. The van der Waals surface area contributed by atoms with Gasteiger partial charge in [-0.2, -0.15) is 0 Å². The maximum atomic E-state index is 12.3. The third-order valence-electron chi connectivity index (χ3n) is 3.74. The zero-order valence-electron chi connectivity index (χ0n) is 15.0. The van der Waals surface area contributed by atoms with Gasteiger partial charge in [-0.1, -0.05) is 30.3 Å². The fraction of sp³-hybridized carbons (Fsp3) is 0.150. The zero-order valence-corrected chi connectivity index (χ0v) is 15.9. The monoisotopic (exact) mass is 398 g/mol. The Balaban J connectivity index is 1.80. The number of aliphatic imine (C=N–C) groups is 1. The van der Waals surface area contributed by atoms with Crippen LogP contribution in [0.4, 0.5) is 5.69 Å². The van der Waals surface area contributed by atoms with E-state index in [1.165, 1.54) is 11.8 Å². The van der Waals surface area contributed by atoms with Crippen molar-refractivity contribution >= 4 is 40.6 Å². The Labute approximate surface area is 166 Å². The van der Waals surface area contributed by atoms with Crippen molar-refractivity contribution in [1.29, 1.82) is 0 Å². The van der Waals surface area contributed by atoms with Crippen LogP contribution in [0.2, 0.25) is 0 Å². The summed E-state index contributed by atoms with van der Waals surface area (Å²) < 4.78 is 10.8. The van der Waals surface area contributed by atoms with Crippen LogP contribution in [0.5, 0.6) is 11.5 Å². The first-order chi connectivity index (χ1) is 13.6. The van der Waals surface area contributed by atoms with Crippen LogP contribution in [-0.4, -0.2) is 35.9 Å². The predicted molar refractivity (Wildman–Crippen MR) is 108 cm³/mol. The van der Waals surface area contributed by atoms with Crippen LogP contribution in [0, 0.1) is 0 Å². The Morgan fingerprint density at radius 3 is 2.64 bits per heavy atom. The molecule has 2 aromatic rings. The van der Waals surface area contributed by atoms with Crippen LogP contribution in [-0.2, 0) is 9.59 Å². The summed E-state index contributed by atoms with van der Waals surface area (Å²) in [5.74, 6) is -0.0723. The van der Waals surface area contributed by atoms with E-state index < -0.39 is 5.97 Å². The van der Waals surface area contributed by atoms with Gasteiger partial charge in [0.1, 0.15) is 17.2 Å². The van der Waals surface area contributed by atoms with Crippen molar-refractivity contribution in [2.24, 2.45) is 4.99 Å². The number of carbonyl (C=O) groups is 2. The number of amides is 1. The smallest absolute Gasteiger partial charge is 0.306 e. The summed E-state index contributed by atoms with van der Waals surface area (Å²) >= 11 is 1.21. The number of hydrogen-bond donors (Lipinski definition) is 2. The molecule has 144 valence electrons. The molecular formula is C20H18N2O5S. The minimum absolute atomic E-state index is 0.0510. The normalized spacial score (nSPS) is 16.2. The van der Waals surface area contributed by atoms with E-state index in [-0.39, 0.29) is 18.9 Å². The molecule has 2 aromatic carbocycles. The lowest BCUT2D eigenvalue weighted by atomic mass is 10.2. The Hall–Kier alpha value is -3.26. The van der Waals surface area contributed by atoms with Crippen LogP contribution < -0.4 is 14.8 Å². The molecule has 8 heteroatoms. The highest BCUT2D eigenvalue weighted by Crippen LogP contribution is 2.33. The zero-order chi connectivity index (χ0) is 19.9. The van der Waals surface area contributed by atoms with Crippen molar-refractivity contribution in [1.82, 2.24) is 5.32 Å². The fourth-order valence-electron chi connectivity index (χ4n) is 2.43. The van der Waals surface area contributed by atoms with Crippen LogP contribution in [0.15, 0.2) is 58.4 Å². The molecule has 28 heavy (non-hydrogen) atoms. The van der Waals surface area contributed by atoms with Gasteiger partial charge in [-0.3, -0.25) is 9.59 Å². The molecule has 0 radical (unpaired) electrons. The van der Waals surface area contributed by atoms with Gasteiger partial charge < -0.3 is 19.9 Å². The van der Waals surface area contributed by atoms with E-state index >= 15 is 0 Å². The van der Waals surface area contributed by atoms with Gasteiger partial charge >= 0.3 is 5.97 Å². The first kappa shape index (κ1) is 19.5. The van der Waals surface area contributed by atoms with Crippen molar-refractivity contribution in [3.8, 4) is 11.5 Å². The molecule has 1 heterocycles. The summed E-state index contributed by atoms with van der Waals surface area (Å²) in [6.07, 6.45) is 1.59. The standard InChI is InChI=1S/C20H18N2O5S/c1-26-16-9-5-3-7-14(16)21-20-22-19(25)17(28-20)12-13-6-2-4-8-15(13)27-11-10-18(23)24/h2-9,12H,10-11H2,1H3,(H,23,24)(H,21,22,25)/b17-12+. The Bertz CT molecular complexity index is 955. The van der Waals surface area contributed by atoms with Crippen molar-refractivity contribution in [2.45, 2.75) is 6.42 Å². The molecule has 0 unspecified atom stereocenters. The Kier molecular flexibility index (Phi) is 6.33. The molecule has 1 fully saturated rings. The second-order valence-corrected chi connectivity index (χ2v) is 6.71. The largest absolute Gasteiger partial charge is 0.494 e. The predicted octanol–water partition coefficient (Wildman–Crippen LogP) is 3.44. The molecule has 0 aliphatic carbocycles. The maximum Gasteiger partial charge on any atom is 0.306 e. The highest BCUT2D eigenvalue weighted by atomic mass is 32.2. The number of ether oxygens (including phenoxy) is 2. The number of carboxylic acid groups (broad SMARTS) is 1. The molecule has 0 spiro atoms. The van der Waals surface area contributed by atoms with E-state index in [1.807, 2.05) is 18.2 Å². The van der Waals surface area contributed by atoms with Crippen molar-refractivity contribution < 1.29 is 24.2 Å². The molecular weight excluding hydrogens is 380 g/mol. The lowest BCUT2D eigenvalue weighted by Gasteiger charge is -2.08. The van der Waals surface area contributed by atoms with Crippen LogP contribution in [0.25, 0.3) is 6.08 Å². The van der Waals surface area contributed by atoms with Gasteiger partial charge in [0.2, 0.25) is 0 Å². The van der Waals surface area contributed by atoms with Gasteiger partial charge in [-0.15, -0.1) is 0 Å². The molecule has 1 aliphatic heterocycles. The van der Waals surface area contributed by atoms with E-state index in [2.05, 4.69) is 10.3 Å². The fourth-order valence-corrected chi connectivity index (χ4v) is 3.26. The van der Waals surface area contributed by atoms with Gasteiger partial charge in [0.15, 0.2) is 5.17 Å². The number of thioether (sulfide) groups is 1. The summed E-state index contributed by atoms with van der Waals surface area (Å²) in [7, 11) is 1.56. The Morgan fingerprint density at radius 2 is 1.89 bits per heavy atom. The molecule has 7 nitrogen and oxygen atoms in total. The number of nitrogens with zero attached hydrogens (tertiary/aromatic N) is 1. The molecule has 1 aliphatic rings. The number of para-hydroxylation sites is 3. The van der Waals surface area contributed by atoms with E-state index in [4.69, 9.17) is 14.6 Å². The molecule has 0 atom stereocenters. The summed E-state index contributed by atoms with van der Waals surface area (Å²) in [4.78, 5) is 27.9. The van der Waals surface area contributed by atoms with Crippen LogP contribution in [0.3, 0.4) is 0 Å². The molecule has 0 bridgehead atoms. The van der Waals surface area contributed by atoms with E-state index in [9.17, 15) is 9.59 Å².